The summed E-state index contributed by atoms with van der Waals surface area (Å²) >= 11 is 0. The van der Waals surface area contributed by atoms with Crippen LogP contribution in [-0.4, -0.2) is 42.3 Å². The van der Waals surface area contributed by atoms with Gasteiger partial charge in [0.05, 0.1) is 5.92 Å². The van der Waals surface area contributed by atoms with Gasteiger partial charge in [0.25, 0.3) is 0 Å². The Morgan fingerprint density at radius 3 is 2.65 bits per heavy atom. The third-order valence-electron chi connectivity index (χ3n) is 2.60. The van der Waals surface area contributed by atoms with Crippen LogP contribution in [0.4, 0.5) is 4.79 Å². The fraction of sp³-hybridized carbons (Fsp3) is 0.500. The molecular weight excluding hydrogens is 260 g/mol. The van der Waals surface area contributed by atoms with Gasteiger partial charge in [0, 0.05) is 31.9 Å². The van der Waals surface area contributed by atoms with Crippen molar-refractivity contribution in [2.24, 2.45) is 5.92 Å². The van der Waals surface area contributed by atoms with Crippen molar-refractivity contribution in [3.8, 4) is 0 Å². The Labute approximate surface area is 118 Å². The van der Waals surface area contributed by atoms with E-state index in [9.17, 15) is 9.59 Å². The van der Waals surface area contributed by atoms with Gasteiger partial charge < -0.3 is 14.4 Å². The monoisotopic (exact) mass is 280 g/mol. The SMILES string of the molecule is CC(C)C(=O)OCOC(=O)N(C)CCc1ccccn1. The van der Waals surface area contributed by atoms with Crippen molar-refractivity contribution in [2.75, 3.05) is 20.4 Å². The molecule has 0 spiro atoms. The van der Waals surface area contributed by atoms with Gasteiger partial charge in [0.1, 0.15) is 0 Å². The largest absolute Gasteiger partial charge is 0.428 e. The third-order valence-corrected chi connectivity index (χ3v) is 2.60. The normalized spacial score (nSPS) is 10.2. The van der Waals surface area contributed by atoms with Crippen molar-refractivity contribution in [3.63, 3.8) is 0 Å². The van der Waals surface area contributed by atoms with E-state index in [0.29, 0.717) is 13.0 Å². The zero-order valence-corrected chi connectivity index (χ0v) is 12.0. The van der Waals surface area contributed by atoms with Gasteiger partial charge in [-0.15, -0.1) is 0 Å². The van der Waals surface area contributed by atoms with Crippen LogP contribution >= 0.6 is 0 Å². The summed E-state index contributed by atoms with van der Waals surface area (Å²) in [5.74, 6) is -0.635. The molecule has 0 saturated heterocycles. The number of likely N-dealkylation sites (N-methyl/N-ethyl adjacent to an activating group) is 1. The fourth-order valence-corrected chi connectivity index (χ4v) is 1.33. The lowest BCUT2D eigenvalue weighted by molar-refractivity contribution is -0.156. The zero-order chi connectivity index (χ0) is 15.0. The van der Waals surface area contributed by atoms with E-state index in [1.54, 1.807) is 27.1 Å². The van der Waals surface area contributed by atoms with Crippen LogP contribution in [0.3, 0.4) is 0 Å². The van der Waals surface area contributed by atoms with Crippen LogP contribution in [0.25, 0.3) is 0 Å². The van der Waals surface area contributed by atoms with Crippen LogP contribution < -0.4 is 0 Å². The van der Waals surface area contributed by atoms with Crippen LogP contribution in [-0.2, 0) is 20.7 Å². The Morgan fingerprint density at radius 1 is 1.30 bits per heavy atom. The van der Waals surface area contributed by atoms with Crippen LogP contribution in [0.1, 0.15) is 19.5 Å². The Hall–Kier alpha value is -2.11. The lowest BCUT2D eigenvalue weighted by Gasteiger charge is -2.16. The summed E-state index contributed by atoms with van der Waals surface area (Å²) in [7, 11) is 1.62. The maximum Gasteiger partial charge on any atom is 0.412 e. The molecule has 6 heteroatoms. The fourth-order valence-electron chi connectivity index (χ4n) is 1.33. The Balaban J connectivity index is 2.24. The number of hydrogen-bond acceptors (Lipinski definition) is 5. The van der Waals surface area contributed by atoms with E-state index in [2.05, 4.69) is 4.98 Å². The molecule has 0 saturated carbocycles. The molecule has 1 aromatic heterocycles. The molecule has 0 fully saturated rings. The predicted molar refractivity (Wildman–Crippen MR) is 72.8 cm³/mol. The molecule has 0 aliphatic rings. The first-order valence-corrected chi connectivity index (χ1v) is 6.45. The van der Waals surface area contributed by atoms with Crippen molar-refractivity contribution < 1.29 is 19.1 Å². The molecule has 0 aliphatic heterocycles. The van der Waals surface area contributed by atoms with E-state index in [4.69, 9.17) is 9.47 Å². The minimum Gasteiger partial charge on any atom is -0.428 e. The van der Waals surface area contributed by atoms with E-state index in [1.807, 2.05) is 18.2 Å². The smallest absolute Gasteiger partial charge is 0.412 e. The first-order valence-electron chi connectivity index (χ1n) is 6.45. The third kappa shape index (κ3) is 5.69. The summed E-state index contributed by atoms with van der Waals surface area (Å²) in [6.07, 6.45) is 1.81. The molecule has 1 heterocycles. The number of ether oxygens (including phenoxy) is 2. The minimum atomic E-state index is -0.530. The molecule has 6 nitrogen and oxygen atoms in total. The molecule has 0 bridgehead atoms. The van der Waals surface area contributed by atoms with Gasteiger partial charge in [-0.25, -0.2) is 4.79 Å². The van der Waals surface area contributed by atoms with Gasteiger partial charge in [-0.1, -0.05) is 19.9 Å². The number of hydrogen-bond donors (Lipinski definition) is 0. The summed E-state index contributed by atoms with van der Waals surface area (Å²) in [5, 5.41) is 0. The Kier molecular flexibility index (Phi) is 6.49. The molecule has 20 heavy (non-hydrogen) atoms. The number of nitrogens with zero attached hydrogens (tertiary/aromatic N) is 2. The number of rotatable bonds is 6. The summed E-state index contributed by atoms with van der Waals surface area (Å²) in [5.41, 5.74) is 0.901. The van der Waals surface area contributed by atoms with E-state index in [1.165, 1.54) is 4.90 Å². The molecule has 0 atom stereocenters. The second-order valence-electron chi connectivity index (χ2n) is 4.64. The average Bonchev–Trinajstić information content (AvgIpc) is 2.45. The van der Waals surface area contributed by atoms with Gasteiger partial charge in [-0.3, -0.25) is 9.78 Å². The van der Waals surface area contributed by atoms with Gasteiger partial charge in [-0.05, 0) is 12.1 Å². The van der Waals surface area contributed by atoms with Crippen molar-refractivity contribution in [3.05, 3.63) is 30.1 Å². The van der Waals surface area contributed by atoms with Crippen molar-refractivity contribution in [1.29, 1.82) is 0 Å². The second-order valence-corrected chi connectivity index (χ2v) is 4.64. The first kappa shape index (κ1) is 15.9. The number of esters is 1. The maximum absolute atomic E-state index is 11.6. The standard InChI is InChI=1S/C14H20N2O4/c1-11(2)13(17)19-10-20-14(18)16(3)9-7-12-6-4-5-8-15-12/h4-6,8,11H,7,9-10H2,1-3H3. The van der Waals surface area contributed by atoms with E-state index >= 15 is 0 Å². The van der Waals surface area contributed by atoms with Crippen LogP contribution in [0.2, 0.25) is 0 Å². The molecule has 1 rings (SSSR count). The van der Waals surface area contributed by atoms with Gasteiger partial charge >= 0.3 is 12.1 Å². The molecular formula is C14H20N2O4. The number of carbonyl (C=O) groups is 2. The number of amides is 1. The van der Waals surface area contributed by atoms with E-state index in [0.717, 1.165) is 5.69 Å². The minimum absolute atomic E-state index is 0.240. The van der Waals surface area contributed by atoms with Crippen molar-refractivity contribution in [2.45, 2.75) is 20.3 Å². The zero-order valence-electron chi connectivity index (χ0n) is 12.0. The number of aromatic nitrogens is 1. The van der Waals surface area contributed by atoms with Crippen LogP contribution in [0.15, 0.2) is 24.4 Å². The van der Waals surface area contributed by atoms with Gasteiger partial charge in [0.2, 0.25) is 6.79 Å². The topological polar surface area (TPSA) is 68.7 Å². The molecule has 0 N–H and O–H groups in total. The molecule has 1 amide bonds. The van der Waals surface area contributed by atoms with E-state index < -0.39 is 12.1 Å². The average molecular weight is 280 g/mol. The highest BCUT2D eigenvalue weighted by Gasteiger charge is 2.12. The molecule has 0 radical (unpaired) electrons. The second kappa shape index (κ2) is 8.14. The van der Waals surface area contributed by atoms with E-state index in [-0.39, 0.29) is 12.7 Å². The summed E-state index contributed by atoms with van der Waals surface area (Å²) in [4.78, 5) is 28.4. The summed E-state index contributed by atoms with van der Waals surface area (Å²) in [6.45, 7) is 3.55. The number of carbonyl (C=O) groups excluding carboxylic acids is 2. The molecule has 110 valence electrons. The van der Waals surface area contributed by atoms with Gasteiger partial charge in [-0.2, -0.15) is 0 Å². The Bertz CT molecular complexity index is 434. The molecule has 1 aromatic rings. The van der Waals surface area contributed by atoms with Crippen molar-refractivity contribution >= 4 is 12.1 Å². The molecule has 0 aromatic carbocycles. The van der Waals surface area contributed by atoms with Crippen LogP contribution in [0, 0.1) is 5.92 Å². The molecule has 0 aliphatic carbocycles. The van der Waals surface area contributed by atoms with Crippen molar-refractivity contribution in [1.82, 2.24) is 9.88 Å². The highest BCUT2D eigenvalue weighted by Crippen LogP contribution is 2.00. The lowest BCUT2D eigenvalue weighted by atomic mass is 10.2. The quantitative estimate of drug-likeness (QED) is 0.587. The van der Waals surface area contributed by atoms with Gasteiger partial charge in [0.15, 0.2) is 0 Å². The highest BCUT2D eigenvalue weighted by molar-refractivity contribution is 5.71. The first-order chi connectivity index (χ1) is 9.50. The van der Waals surface area contributed by atoms with Crippen LogP contribution in [0.5, 0.6) is 0 Å². The predicted octanol–water partition coefficient (Wildman–Crippen LogP) is 1.85. The summed E-state index contributed by atoms with van der Waals surface area (Å²) < 4.78 is 9.60. The number of pyridine rings is 1. The summed E-state index contributed by atoms with van der Waals surface area (Å²) in [6, 6.07) is 5.63. The maximum atomic E-state index is 11.6. The Morgan fingerprint density at radius 2 is 2.05 bits per heavy atom. The molecule has 0 unspecified atom stereocenters. The lowest BCUT2D eigenvalue weighted by Crippen LogP contribution is -2.30. The highest BCUT2D eigenvalue weighted by atomic mass is 16.7.